The van der Waals surface area contributed by atoms with E-state index in [1.807, 2.05) is 24.3 Å². The van der Waals surface area contributed by atoms with Crippen molar-refractivity contribution < 1.29 is 13.2 Å². The third-order valence-corrected chi connectivity index (χ3v) is 5.31. The van der Waals surface area contributed by atoms with Gasteiger partial charge in [-0.2, -0.15) is 0 Å². The summed E-state index contributed by atoms with van der Waals surface area (Å²) in [6.07, 6.45) is 3.99. The number of piperidine rings is 1. The zero-order valence-corrected chi connectivity index (χ0v) is 13.3. The van der Waals surface area contributed by atoms with Gasteiger partial charge in [-0.1, -0.05) is 12.1 Å². The topological polar surface area (TPSA) is 66.5 Å². The van der Waals surface area contributed by atoms with Crippen molar-refractivity contribution in [1.82, 2.24) is 9.62 Å². The van der Waals surface area contributed by atoms with Crippen LogP contribution < -0.4 is 5.32 Å². The molecular weight excluding hydrogens is 288 g/mol. The number of carbonyl (C=O) groups excluding carboxylic acids is 1. The molecule has 6 heteroatoms. The van der Waals surface area contributed by atoms with Gasteiger partial charge < -0.3 is 5.32 Å². The van der Waals surface area contributed by atoms with Crippen LogP contribution in [0.4, 0.5) is 0 Å². The molecule has 0 spiro atoms. The van der Waals surface area contributed by atoms with Crippen molar-refractivity contribution in [3.63, 3.8) is 0 Å². The average molecular weight is 310 g/mol. The first-order valence-electron chi connectivity index (χ1n) is 7.16. The summed E-state index contributed by atoms with van der Waals surface area (Å²) in [7, 11) is -1.43. The van der Waals surface area contributed by atoms with E-state index in [4.69, 9.17) is 0 Å². The van der Waals surface area contributed by atoms with Crippen LogP contribution in [0.1, 0.15) is 28.8 Å². The van der Waals surface area contributed by atoms with Crippen LogP contribution in [0.3, 0.4) is 0 Å². The summed E-state index contributed by atoms with van der Waals surface area (Å²) >= 11 is 0. The van der Waals surface area contributed by atoms with Gasteiger partial charge in [-0.3, -0.25) is 4.79 Å². The molecule has 0 saturated carbocycles. The van der Waals surface area contributed by atoms with Crippen LogP contribution in [0.15, 0.2) is 24.3 Å². The Morgan fingerprint density at radius 2 is 1.81 bits per heavy atom. The van der Waals surface area contributed by atoms with E-state index in [1.54, 1.807) is 11.4 Å². The maximum Gasteiger partial charge on any atom is 0.251 e. The zero-order valence-electron chi connectivity index (χ0n) is 12.5. The molecule has 2 rings (SSSR count). The molecule has 5 nitrogen and oxygen atoms in total. The fraction of sp³-hybridized carbons (Fsp3) is 0.533. The third-order valence-electron chi connectivity index (χ3n) is 4.01. The number of hydrogen-bond acceptors (Lipinski definition) is 3. The number of sulfonamides is 1. The van der Waals surface area contributed by atoms with Crippen molar-refractivity contribution in [2.75, 3.05) is 26.4 Å². The van der Waals surface area contributed by atoms with E-state index >= 15 is 0 Å². The van der Waals surface area contributed by atoms with Gasteiger partial charge in [0.1, 0.15) is 0 Å². The number of amides is 1. The van der Waals surface area contributed by atoms with E-state index in [1.165, 1.54) is 11.8 Å². The standard InChI is InChI=1S/C15H22N2O3S/c1-16-15(18)14-5-3-12(4-6-14)11-13-7-9-17(10-8-13)21(2,19)20/h3-6,13H,7-11H2,1-2H3,(H,16,18). The molecular formula is C15H22N2O3S. The SMILES string of the molecule is CNC(=O)c1ccc(CC2CCN(S(C)(=O)=O)CC2)cc1. The largest absolute Gasteiger partial charge is 0.355 e. The summed E-state index contributed by atoms with van der Waals surface area (Å²) < 4.78 is 24.5. The average Bonchev–Trinajstić information content (AvgIpc) is 2.47. The Balaban J connectivity index is 1.90. The molecule has 0 unspecified atom stereocenters. The highest BCUT2D eigenvalue weighted by Gasteiger charge is 2.24. The summed E-state index contributed by atoms with van der Waals surface area (Å²) in [4.78, 5) is 11.5. The molecule has 1 aromatic carbocycles. The van der Waals surface area contributed by atoms with E-state index < -0.39 is 10.0 Å². The third kappa shape index (κ3) is 4.28. The lowest BCUT2D eigenvalue weighted by Gasteiger charge is -2.30. The molecule has 1 aliphatic rings. The van der Waals surface area contributed by atoms with Gasteiger partial charge in [0.2, 0.25) is 10.0 Å². The van der Waals surface area contributed by atoms with Crippen molar-refractivity contribution in [3.05, 3.63) is 35.4 Å². The van der Waals surface area contributed by atoms with Crippen molar-refractivity contribution in [2.45, 2.75) is 19.3 Å². The molecule has 1 aliphatic heterocycles. The molecule has 21 heavy (non-hydrogen) atoms. The van der Waals surface area contributed by atoms with Crippen molar-refractivity contribution in [1.29, 1.82) is 0 Å². The Morgan fingerprint density at radius 3 is 2.29 bits per heavy atom. The maximum absolute atomic E-state index is 11.5. The van der Waals surface area contributed by atoms with Crippen molar-refractivity contribution in [2.24, 2.45) is 5.92 Å². The fourth-order valence-electron chi connectivity index (χ4n) is 2.71. The first-order chi connectivity index (χ1) is 9.90. The summed E-state index contributed by atoms with van der Waals surface area (Å²) in [6, 6.07) is 7.63. The van der Waals surface area contributed by atoms with Crippen molar-refractivity contribution >= 4 is 15.9 Å². The molecule has 1 N–H and O–H groups in total. The minimum absolute atomic E-state index is 0.0805. The molecule has 1 amide bonds. The van der Waals surface area contributed by atoms with E-state index in [0.29, 0.717) is 24.6 Å². The van der Waals surface area contributed by atoms with Gasteiger partial charge in [-0.25, -0.2) is 12.7 Å². The van der Waals surface area contributed by atoms with Gasteiger partial charge in [-0.05, 0) is 42.9 Å². The molecule has 0 atom stereocenters. The quantitative estimate of drug-likeness (QED) is 0.910. The van der Waals surface area contributed by atoms with Crippen LogP contribution in [0.5, 0.6) is 0 Å². The number of benzene rings is 1. The number of nitrogens with one attached hydrogen (secondary N) is 1. The Kier molecular flexibility index (Phi) is 5.00. The number of carbonyl (C=O) groups is 1. The number of nitrogens with zero attached hydrogens (tertiary/aromatic N) is 1. The second-order valence-electron chi connectivity index (χ2n) is 5.59. The van der Waals surface area contributed by atoms with E-state index in [9.17, 15) is 13.2 Å². The fourth-order valence-corrected chi connectivity index (χ4v) is 3.59. The zero-order chi connectivity index (χ0) is 15.5. The summed E-state index contributed by atoms with van der Waals surface area (Å²) in [6.45, 7) is 1.22. The molecule has 1 saturated heterocycles. The summed E-state index contributed by atoms with van der Waals surface area (Å²) in [5.41, 5.74) is 1.86. The Labute approximate surface area is 126 Å². The van der Waals surface area contributed by atoms with Gasteiger partial charge in [0, 0.05) is 25.7 Å². The van der Waals surface area contributed by atoms with E-state index in [0.717, 1.165) is 19.3 Å². The number of hydrogen-bond donors (Lipinski definition) is 1. The Hall–Kier alpha value is -1.40. The Morgan fingerprint density at radius 1 is 1.24 bits per heavy atom. The molecule has 1 aromatic rings. The molecule has 0 bridgehead atoms. The molecule has 0 radical (unpaired) electrons. The van der Waals surface area contributed by atoms with Crippen molar-refractivity contribution in [3.8, 4) is 0 Å². The van der Waals surface area contributed by atoms with Crippen LogP contribution >= 0.6 is 0 Å². The van der Waals surface area contributed by atoms with Gasteiger partial charge in [-0.15, -0.1) is 0 Å². The van der Waals surface area contributed by atoms with Crippen LogP contribution in [0.2, 0.25) is 0 Å². The molecule has 1 fully saturated rings. The molecule has 1 heterocycles. The maximum atomic E-state index is 11.5. The molecule has 116 valence electrons. The van der Waals surface area contributed by atoms with Gasteiger partial charge in [0.05, 0.1) is 6.26 Å². The van der Waals surface area contributed by atoms with Crippen LogP contribution in [0, 0.1) is 5.92 Å². The van der Waals surface area contributed by atoms with Crippen LogP contribution in [-0.2, 0) is 16.4 Å². The van der Waals surface area contributed by atoms with Gasteiger partial charge in [0.25, 0.3) is 5.91 Å². The Bertz CT molecular complexity index is 588. The lowest BCUT2D eigenvalue weighted by Crippen LogP contribution is -2.38. The number of rotatable bonds is 4. The highest BCUT2D eigenvalue weighted by atomic mass is 32.2. The second kappa shape index (κ2) is 6.58. The normalized spacial score (nSPS) is 17.6. The summed E-state index contributed by atoms with van der Waals surface area (Å²) in [5.74, 6) is 0.428. The first kappa shape index (κ1) is 16.0. The summed E-state index contributed by atoms with van der Waals surface area (Å²) in [5, 5.41) is 2.60. The first-order valence-corrected chi connectivity index (χ1v) is 9.01. The molecule has 0 aliphatic carbocycles. The lowest BCUT2D eigenvalue weighted by atomic mass is 9.91. The smallest absolute Gasteiger partial charge is 0.251 e. The highest BCUT2D eigenvalue weighted by Crippen LogP contribution is 2.23. The predicted molar refractivity (Wildman–Crippen MR) is 82.7 cm³/mol. The van der Waals surface area contributed by atoms with Crippen LogP contribution in [0.25, 0.3) is 0 Å². The van der Waals surface area contributed by atoms with E-state index in [2.05, 4.69) is 5.32 Å². The highest BCUT2D eigenvalue weighted by molar-refractivity contribution is 7.88. The monoisotopic (exact) mass is 310 g/mol. The van der Waals surface area contributed by atoms with Gasteiger partial charge in [0.15, 0.2) is 0 Å². The van der Waals surface area contributed by atoms with Gasteiger partial charge >= 0.3 is 0 Å². The molecule has 0 aromatic heterocycles. The minimum Gasteiger partial charge on any atom is -0.355 e. The predicted octanol–water partition coefficient (Wildman–Crippen LogP) is 1.26. The minimum atomic E-state index is -3.05. The lowest BCUT2D eigenvalue weighted by molar-refractivity contribution is 0.0963. The second-order valence-corrected chi connectivity index (χ2v) is 7.57. The van der Waals surface area contributed by atoms with Crippen LogP contribution in [-0.4, -0.2) is 45.0 Å². The van der Waals surface area contributed by atoms with E-state index in [-0.39, 0.29) is 5.91 Å².